The molecule has 0 radical (unpaired) electrons. The molecule has 0 saturated heterocycles. The zero-order valence-electron chi connectivity index (χ0n) is 12.3. The second-order valence-corrected chi connectivity index (χ2v) is 5.71. The maximum Gasteiger partial charge on any atom is 0.209 e. The van der Waals surface area contributed by atoms with Gasteiger partial charge < -0.3 is 9.90 Å². The lowest BCUT2D eigenvalue weighted by Gasteiger charge is -2.14. The molecular formula is C16H22BrNO2. The second kappa shape index (κ2) is 6.53. The van der Waals surface area contributed by atoms with Gasteiger partial charge in [0, 0.05) is 30.9 Å². The van der Waals surface area contributed by atoms with E-state index < -0.39 is 5.97 Å². The molecule has 1 aromatic rings. The monoisotopic (exact) mass is 339 g/mol. The summed E-state index contributed by atoms with van der Waals surface area (Å²) in [7, 11) is 0. The van der Waals surface area contributed by atoms with Crippen molar-refractivity contribution in [3.05, 3.63) is 29.8 Å². The Morgan fingerprint density at radius 3 is 2.55 bits per heavy atom. The number of rotatable bonds is 5. The number of unbranched alkanes of at least 4 members (excludes halogenated alkanes) is 1. The van der Waals surface area contributed by atoms with E-state index in [4.69, 9.17) is 0 Å². The first-order chi connectivity index (χ1) is 8.94. The number of carboxylic acid groups (broad SMARTS) is 1. The van der Waals surface area contributed by atoms with Gasteiger partial charge in [-0.25, -0.2) is 0 Å². The SMILES string of the molecule is Br.CC1=[N+](CCCCC(=O)[O-])c2ccccc2C1(C)C. The summed E-state index contributed by atoms with van der Waals surface area (Å²) in [6.07, 6.45) is 1.70. The lowest BCUT2D eigenvalue weighted by molar-refractivity contribution is -0.439. The van der Waals surface area contributed by atoms with E-state index in [9.17, 15) is 9.90 Å². The number of nitrogens with zero attached hydrogens (tertiary/aromatic N) is 1. The minimum Gasteiger partial charge on any atom is -0.550 e. The van der Waals surface area contributed by atoms with Crippen LogP contribution in [0.3, 0.4) is 0 Å². The Morgan fingerprint density at radius 1 is 1.25 bits per heavy atom. The van der Waals surface area contributed by atoms with E-state index >= 15 is 0 Å². The zero-order chi connectivity index (χ0) is 14.0. The van der Waals surface area contributed by atoms with E-state index in [1.54, 1.807) is 0 Å². The van der Waals surface area contributed by atoms with Gasteiger partial charge in [-0.1, -0.05) is 18.2 Å². The minimum atomic E-state index is -0.956. The highest BCUT2D eigenvalue weighted by Crippen LogP contribution is 2.39. The molecule has 0 aliphatic carbocycles. The van der Waals surface area contributed by atoms with Crippen molar-refractivity contribution >= 4 is 34.3 Å². The molecule has 0 saturated carbocycles. The second-order valence-electron chi connectivity index (χ2n) is 5.71. The highest BCUT2D eigenvalue weighted by atomic mass is 79.9. The van der Waals surface area contributed by atoms with Crippen molar-refractivity contribution in [3.63, 3.8) is 0 Å². The van der Waals surface area contributed by atoms with Gasteiger partial charge in [-0.15, -0.1) is 17.0 Å². The van der Waals surface area contributed by atoms with Crippen LogP contribution >= 0.6 is 17.0 Å². The molecule has 0 atom stereocenters. The molecule has 1 aliphatic rings. The van der Waals surface area contributed by atoms with Crippen molar-refractivity contribution < 1.29 is 14.5 Å². The number of carbonyl (C=O) groups excluding carboxylic acids is 1. The van der Waals surface area contributed by atoms with Crippen molar-refractivity contribution in [1.82, 2.24) is 0 Å². The molecule has 0 aromatic heterocycles. The Balaban J connectivity index is 0.00000200. The molecule has 1 heterocycles. The van der Waals surface area contributed by atoms with Crippen LogP contribution < -0.4 is 5.11 Å². The summed E-state index contributed by atoms with van der Waals surface area (Å²) in [5.74, 6) is -0.956. The summed E-state index contributed by atoms with van der Waals surface area (Å²) in [5.41, 5.74) is 4.01. The van der Waals surface area contributed by atoms with Crippen LogP contribution in [0, 0.1) is 0 Å². The quantitative estimate of drug-likeness (QED) is 0.611. The largest absolute Gasteiger partial charge is 0.550 e. The number of benzene rings is 1. The van der Waals surface area contributed by atoms with Crippen LogP contribution in [0.4, 0.5) is 5.69 Å². The van der Waals surface area contributed by atoms with Crippen molar-refractivity contribution in [2.75, 3.05) is 6.54 Å². The van der Waals surface area contributed by atoms with Gasteiger partial charge in [-0.2, -0.15) is 4.58 Å². The summed E-state index contributed by atoms with van der Waals surface area (Å²) < 4.78 is 2.32. The number of aliphatic carboxylic acids is 1. The fourth-order valence-corrected chi connectivity index (χ4v) is 2.78. The highest BCUT2D eigenvalue weighted by Gasteiger charge is 2.42. The lowest BCUT2D eigenvalue weighted by atomic mass is 9.82. The number of halogens is 1. The van der Waals surface area contributed by atoms with Crippen LogP contribution in [0.2, 0.25) is 0 Å². The lowest BCUT2D eigenvalue weighted by Crippen LogP contribution is -2.27. The summed E-state index contributed by atoms with van der Waals surface area (Å²) in [5, 5.41) is 10.4. The number of carbonyl (C=O) groups is 1. The van der Waals surface area contributed by atoms with Crippen LogP contribution in [0.1, 0.15) is 45.6 Å². The Hall–Kier alpha value is -1.16. The average Bonchev–Trinajstić information content (AvgIpc) is 2.55. The van der Waals surface area contributed by atoms with Gasteiger partial charge in [0.15, 0.2) is 5.71 Å². The van der Waals surface area contributed by atoms with E-state index in [1.165, 1.54) is 17.0 Å². The Morgan fingerprint density at radius 2 is 1.90 bits per heavy atom. The molecule has 0 fully saturated rings. The number of hydrogen-bond acceptors (Lipinski definition) is 2. The molecule has 110 valence electrons. The molecule has 3 nitrogen and oxygen atoms in total. The fourth-order valence-electron chi connectivity index (χ4n) is 2.78. The predicted octanol–water partition coefficient (Wildman–Crippen LogP) is 2.58. The van der Waals surface area contributed by atoms with Crippen molar-refractivity contribution in [2.45, 2.75) is 45.4 Å². The van der Waals surface area contributed by atoms with E-state index in [-0.39, 0.29) is 28.8 Å². The van der Waals surface area contributed by atoms with E-state index in [0.29, 0.717) is 6.42 Å². The molecule has 0 N–H and O–H groups in total. The first kappa shape index (κ1) is 16.9. The van der Waals surface area contributed by atoms with Gasteiger partial charge in [0.1, 0.15) is 6.54 Å². The topological polar surface area (TPSA) is 43.1 Å². The minimum absolute atomic E-state index is 0. The Labute approximate surface area is 131 Å². The van der Waals surface area contributed by atoms with Crippen LogP contribution in [0.5, 0.6) is 0 Å². The summed E-state index contributed by atoms with van der Waals surface area (Å²) in [6.45, 7) is 7.52. The van der Waals surface area contributed by atoms with Crippen molar-refractivity contribution in [1.29, 1.82) is 0 Å². The molecule has 4 heteroatoms. The van der Waals surface area contributed by atoms with Gasteiger partial charge in [-0.3, -0.25) is 0 Å². The third kappa shape index (κ3) is 3.11. The number of para-hydroxylation sites is 1. The number of carboxylic acids is 1. The summed E-state index contributed by atoms with van der Waals surface area (Å²) in [6, 6.07) is 8.46. The standard InChI is InChI=1S/C16H21NO2.BrH/c1-12-16(2,3)13-8-4-5-9-14(13)17(12)11-7-6-10-15(18)19;/h4-5,8-9H,6-7,10-11H2,1-3H3;1H. The van der Waals surface area contributed by atoms with Crippen LogP contribution in [-0.4, -0.2) is 22.8 Å². The summed E-state index contributed by atoms with van der Waals surface area (Å²) >= 11 is 0. The molecule has 0 amide bonds. The normalized spacial score (nSPS) is 15.8. The van der Waals surface area contributed by atoms with Gasteiger partial charge in [0.25, 0.3) is 0 Å². The Bertz CT molecular complexity index is 535. The number of fused-ring (bicyclic) bond motifs is 1. The molecule has 1 aliphatic heterocycles. The third-order valence-electron chi connectivity index (χ3n) is 4.19. The first-order valence-electron chi connectivity index (χ1n) is 6.85. The molecule has 2 rings (SSSR count). The zero-order valence-corrected chi connectivity index (χ0v) is 14.0. The maximum absolute atomic E-state index is 10.4. The van der Waals surface area contributed by atoms with Crippen LogP contribution in [0.15, 0.2) is 24.3 Å². The molecule has 0 bridgehead atoms. The first-order valence-corrected chi connectivity index (χ1v) is 6.85. The van der Waals surface area contributed by atoms with Gasteiger partial charge in [0.05, 0.1) is 5.41 Å². The van der Waals surface area contributed by atoms with E-state index in [0.717, 1.165) is 13.0 Å². The third-order valence-corrected chi connectivity index (χ3v) is 4.19. The Kier molecular flexibility index (Phi) is 5.51. The van der Waals surface area contributed by atoms with Crippen molar-refractivity contribution in [3.8, 4) is 0 Å². The fraction of sp³-hybridized carbons (Fsp3) is 0.500. The molecule has 0 unspecified atom stereocenters. The highest BCUT2D eigenvalue weighted by molar-refractivity contribution is 8.93. The smallest absolute Gasteiger partial charge is 0.209 e. The average molecular weight is 340 g/mol. The maximum atomic E-state index is 10.4. The molecule has 1 aromatic carbocycles. The molecular weight excluding hydrogens is 318 g/mol. The van der Waals surface area contributed by atoms with Gasteiger partial charge in [-0.05, 0) is 26.7 Å². The van der Waals surface area contributed by atoms with Crippen LogP contribution in [0.25, 0.3) is 0 Å². The molecule has 0 spiro atoms. The predicted molar refractivity (Wildman–Crippen MR) is 84.1 cm³/mol. The van der Waals surface area contributed by atoms with E-state index in [2.05, 4.69) is 49.6 Å². The van der Waals surface area contributed by atoms with Gasteiger partial charge in [0.2, 0.25) is 5.69 Å². The van der Waals surface area contributed by atoms with E-state index in [1.807, 2.05) is 0 Å². The van der Waals surface area contributed by atoms with Crippen LogP contribution in [-0.2, 0) is 10.2 Å². The van der Waals surface area contributed by atoms with Crippen molar-refractivity contribution in [2.24, 2.45) is 0 Å². The number of hydrogen-bond donors (Lipinski definition) is 0. The molecule has 20 heavy (non-hydrogen) atoms. The van der Waals surface area contributed by atoms with Gasteiger partial charge >= 0.3 is 0 Å². The summed E-state index contributed by atoms with van der Waals surface area (Å²) in [4.78, 5) is 10.4.